The van der Waals surface area contributed by atoms with Crippen molar-refractivity contribution < 1.29 is 15.0 Å². The van der Waals surface area contributed by atoms with E-state index in [2.05, 4.69) is 0 Å². The van der Waals surface area contributed by atoms with Crippen LogP contribution in [0.3, 0.4) is 0 Å². The van der Waals surface area contributed by atoms with Crippen molar-refractivity contribution >= 4 is 5.97 Å². The van der Waals surface area contributed by atoms with Gasteiger partial charge in [0.2, 0.25) is 0 Å². The fourth-order valence-corrected chi connectivity index (χ4v) is 1.89. The van der Waals surface area contributed by atoms with Crippen LogP contribution in [0.4, 0.5) is 0 Å². The largest absolute Gasteiger partial charge is 0.480 e. The summed E-state index contributed by atoms with van der Waals surface area (Å²) in [6.45, 7) is 4.90. The van der Waals surface area contributed by atoms with E-state index in [0.717, 1.165) is 6.42 Å². The van der Waals surface area contributed by atoms with Gasteiger partial charge in [0.25, 0.3) is 0 Å². The first-order chi connectivity index (χ1) is 6.52. The number of carboxylic acid groups (broad SMARTS) is 1. The molecule has 0 saturated carbocycles. The van der Waals surface area contributed by atoms with Crippen LogP contribution in [0.25, 0.3) is 0 Å². The first-order valence-electron chi connectivity index (χ1n) is 5.21. The summed E-state index contributed by atoms with van der Waals surface area (Å²) in [5.74, 6) is -0.773. The summed E-state index contributed by atoms with van der Waals surface area (Å²) in [6.07, 6.45) is 2.22. The highest BCUT2D eigenvalue weighted by molar-refractivity contribution is 5.73. The van der Waals surface area contributed by atoms with Crippen LogP contribution in [0.15, 0.2) is 0 Å². The molecule has 1 aliphatic rings. The van der Waals surface area contributed by atoms with Crippen LogP contribution < -0.4 is 0 Å². The first-order valence-corrected chi connectivity index (χ1v) is 5.21. The molecule has 0 bridgehead atoms. The molecule has 1 fully saturated rings. The van der Waals surface area contributed by atoms with Gasteiger partial charge in [0.05, 0.1) is 5.60 Å². The molecule has 1 atom stereocenters. The number of aliphatic carboxylic acids is 1. The van der Waals surface area contributed by atoms with E-state index in [0.29, 0.717) is 25.9 Å². The van der Waals surface area contributed by atoms with Crippen LogP contribution in [0, 0.1) is 0 Å². The quantitative estimate of drug-likeness (QED) is 0.687. The molecule has 14 heavy (non-hydrogen) atoms. The van der Waals surface area contributed by atoms with Crippen molar-refractivity contribution in [2.75, 3.05) is 13.1 Å². The Hall–Kier alpha value is -0.610. The number of carbonyl (C=O) groups is 1. The minimum Gasteiger partial charge on any atom is -0.480 e. The second-order valence-corrected chi connectivity index (χ2v) is 4.13. The number of carboxylic acids is 1. The predicted molar refractivity (Wildman–Crippen MR) is 53.1 cm³/mol. The average molecular weight is 201 g/mol. The van der Waals surface area contributed by atoms with Gasteiger partial charge in [-0.15, -0.1) is 0 Å². The van der Waals surface area contributed by atoms with Gasteiger partial charge in [-0.05, 0) is 12.8 Å². The molecule has 1 saturated heterocycles. The summed E-state index contributed by atoms with van der Waals surface area (Å²) in [5, 5.41) is 18.7. The number of rotatable bonds is 5. The predicted octanol–water partition coefficient (Wildman–Crippen LogP) is 0.696. The lowest BCUT2D eigenvalue weighted by molar-refractivity contribution is -0.159. The van der Waals surface area contributed by atoms with E-state index in [-0.39, 0.29) is 0 Å². The van der Waals surface area contributed by atoms with Crippen molar-refractivity contribution in [3.63, 3.8) is 0 Å². The summed E-state index contributed by atoms with van der Waals surface area (Å²) >= 11 is 0. The van der Waals surface area contributed by atoms with Crippen LogP contribution >= 0.6 is 0 Å². The Morgan fingerprint density at radius 3 is 2.43 bits per heavy atom. The molecule has 0 radical (unpaired) electrons. The van der Waals surface area contributed by atoms with Gasteiger partial charge in [-0.2, -0.15) is 0 Å². The number of β-amino-alcohol motifs (C(OH)–C–C–N with tert-alkyl or cyclic N) is 1. The second kappa shape index (κ2) is 4.28. The third kappa shape index (κ3) is 2.25. The molecule has 0 aromatic carbocycles. The van der Waals surface area contributed by atoms with Crippen LogP contribution in [0.2, 0.25) is 0 Å². The van der Waals surface area contributed by atoms with Gasteiger partial charge in [0.15, 0.2) is 0 Å². The summed E-state index contributed by atoms with van der Waals surface area (Å²) in [6, 6.07) is -0.410. The third-order valence-corrected chi connectivity index (χ3v) is 2.94. The van der Waals surface area contributed by atoms with Gasteiger partial charge in [-0.3, -0.25) is 9.69 Å². The highest BCUT2D eigenvalue weighted by atomic mass is 16.4. The normalized spacial score (nSPS) is 22.8. The van der Waals surface area contributed by atoms with Crippen LogP contribution in [0.1, 0.15) is 33.1 Å². The van der Waals surface area contributed by atoms with Crippen molar-refractivity contribution in [2.45, 2.75) is 44.8 Å². The molecule has 1 unspecified atom stereocenters. The van der Waals surface area contributed by atoms with Gasteiger partial charge in [-0.25, -0.2) is 0 Å². The first kappa shape index (κ1) is 11.5. The average Bonchev–Trinajstić information content (AvgIpc) is 2.09. The summed E-state index contributed by atoms with van der Waals surface area (Å²) in [4.78, 5) is 12.7. The van der Waals surface area contributed by atoms with Crippen molar-refractivity contribution in [1.82, 2.24) is 4.90 Å². The zero-order valence-electron chi connectivity index (χ0n) is 8.86. The fourth-order valence-electron chi connectivity index (χ4n) is 1.89. The number of hydrogen-bond acceptors (Lipinski definition) is 3. The topological polar surface area (TPSA) is 60.8 Å². The molecular weight excluding hydrogens is 182 g/mol. The molecule has 1 aliphatic heterocycles. The molecule has 0 aliphatic carbocycles. The Morgan fingerprint density at radius 1 is 1.50 bits per heavy atom. The lowest BCUT2D eigenvalue weighted by Crippen LogP contribution is -2.65. The van der Waals surface area contributed by atoms with Gasteiger partial charge >= 0.3 is 5.97 Å². The van der Waals surface area contributed by atoms with E-state index in [4.69, 9.17) is 5.11 Å². The fraction of sp³-hybridized carbons (Fsp3) is 0.900. The van der Waals surface area contributed by atoms with E-state index in [1.807, 2.05) is 18.7 Å². The third-order valence-electron chi connectivity index (χ3n) is 2.94. The van der Waals surface area contributed by atoms with Crippen LogP contribution in [-0.2, 0) is 4.79 Å². The minimum atomic E-state index is -0.773. The molecule has 0 aromatic heterocycles. The van der Waals surface area contributed by atoms with Crippen molar-refractivity contribution in [2.24, 2.45) is 0 Å². The number of nitrogens with zero attached hydrogens (tertiary/aromatic N) is 1. The maximum Gasteiger partial charge on any atom is 0.320 e. The van der Waals surface area contributed by atoms with E-state index in [1.165, 1.54) is 0 Å². The maximum atomic E-state index is 10.9. The lowest BCUT2D eigenvalue weighted by atomic mass is 9.89. The molecule has 4 nitrogen and oxygen atoms in total. The SMILES string of the molecule is CCCC(C(=O)O)N1CC(O)(CC)C1. The molecule has 0 spiro atoms. The Kier molecular flexibility index (Phi) is 3.50. The highest BCUT2D eigenvalue weighted by Gasteiger charge is 2.44. The Morgan fingerprint density at radius 2 is 2.07 bits per heavy atom. The standard InChI is InChI=1S/C10H19NO3/c1-3-5-8(9(12)13)11-6-10(14,4-2)7-11/h8,14H,3-7H2,1-2H3,(H,12,13). The van der Waals surface area contributed by atoms with E-state index < -0.39 is 17.6 Å². The zero-order valence-corrected chi connectivity index (χ0v) is 8.86. The van der Waals surface area contributed by atoms with Crippen LogP contribution in [0.5, 0.6) is 0 Å². The lowest BCUT2D eigenvalue weighted by Gasteiger charge is -2.48. The summed E-state index contributed by atoms with van der Waals surface area (Å²) in [7, 11) is 0. The monoisotopic (exact) mass is 201 g/mol. The molecule has 4 heteroatoms. The Balaban J connectivity index is 2.46. The Bertz CT molecular complexity index is 211. The van der Waals surface area contributed by atoms with Gasteiger partial charge in [0.1, 0.15) is 6.04 Å². The van der Waals surface area contributed by atoms with E-state index in [9.17, 15) is 9.90 Å². The maximum absolute atomic E-state index is 10.9. The molecule has 2 N–H and O–H groups in total. The van der Waals surface area contributed by atoms with Crippen molar-refractivity contribution in [1.29, 1.82) is 0 Å². The highest BCUT2D eigenvalue weighted by Crippen LogP contribution is 2.27. The van der Waals surface area contributed by atoms with Gasteiger partial charge in [-0.1, -0.05) is 20.3 Å². The molecule has 82 valence electrons. The van der Waals surface area contributed by atoms with E-state index in [1.54, 1.807) is 0 Å². The molecule has 1 rings (SSSR count). The zero-order chi connectivity index (χ0) is 10.8. The molecule has 1 heterocycles. The number of aliphatic hydroxyl groups is 1. The second-order valence-electron chi connectivity index (χ2n) is 4.13. The summed E-state index contributed by atoms with van der Waals surface area (Å²) < 4.78 is 0. The molecule has 0 amide bonds. The summed E-state index contributed by atoms with van der Waals surface area (Å²) in [5.41, 5.74) is -0.637. The molecular formula is C10H19NO3. The van der Waals surface area contributed by atoms with Crippen molar-refractivity contribution in [3.05, 3.63) is 0 Å². The molecule has 0 aromatic rings. The Labute approximate surface area is 84.5 Å². The van der Waals surface area contributed by atoms with Gasteiger partial charge in [0, 0.05) is 13.1 Å². The van der Waals surface area contributed by atoms with Gasteiger partial charge < -0.3 is 10.2 Å². The van der Waals surface area contributed by atoms with Crippen LogP contribution in [-0.4, -0.2) is 45.8 Å². The number of hydrogen-bond donors (Lipinski definition) is 2. The minimum absolute atomic E-state index is 0.410. The number of likely N-dealkylation sites (tertiary alicyclic amines) is 1. The smallest absolute Gasteiger partial charge is 0.320 e. The van der Waals surface area contributed by atoms with Crippen molar-refractivity contribution in [3.8, 4) is 0 Å². The van der Waals surface area contributed by atoms with E-state index >= 15 is 0 Å².